The zero-order valence-corrected chi connectivity index (χ0v) is 11.9. The van der Waals surface area contributed by atoms with Gasteiger partial charge in [-0.3, -0.25) is 4.98 Å². The zero-order chi connectivity index (χ0) is 14.7. The van der Waals surface area contributed by atoms with E-state index in [-0.39, 0.29) is 0 Å². The largest absolute Gasteiger partial charge is 0.481 e. The van der Waals surface area contributed by atoms with Crippen molar-refractivity contribution in [3.8, 4) is 5.88 Å². The van der Waals surface area contributed by atoms with Crippen LogP contribution in [0, 0.1) is 0 Å². The third kappa shape index (κ3) is 2.80. The third-order valence-electron chi connectivity index (χ3n) is 3.95. The summed E-state index contributed by atoms with van der Waals surface area (Å²) in [5.41, 5.74) is 0.0759. The van der Waals surface area contributed by atoms with E-state index < -0.39 is 5.60 Å². The lowest BCUT2D eigenvalue weighted by molar-refractivity contribution is 0.0113. The van der Waals surface area contributed by atoms with Crippen LogP contribution in [0.4, 0.5) is 5.82 Å². The topological polar surface area (TPSA) is 71.4 Å². The summed E-state index contributed by atoms with van der Waals surface area (Å²) < 4.78 is 5.12. The van der Waals surface area contributed by atoms with Crippen LogP contribution in [0.2, 0.25) is 0 Å². The van der Waals surface area contributed by atoms with Crippen molar-refractivity contribution in [3.05, 3.63) is 42.5 Å². The number of methoxy groups -OCH3 is 1. The van der Waals surface area contributed by atoms with Gasteiger partial charge in [-0.15, -0.1) is 0 Å². The minimum absolute atomic E-state index is 0.549. The first kappa shape index (κ1) is 13.8. The molecule has 3 heterocycles. The molecular weight excluding hydrogens is 268 g/mol. The molecule has 6 heteroatoms. The fourth-order valence-electron chi connectivity index (χ4n) is 2.65. The molecule has 0 amide bonds. The van der Waals surface area contributed by atoms with Crippen LogP contribution in [-0.2, 0) is 5.60 Å². The average Bonchev–Trinajstić information content (AvgIpc) is 2.56. The molecule has 1 aliphatic heterocycles. The molecule has 0 aromatic carbocycles. The van der Waals surface area contributed by atoms with Gasteiger partial charge in [0.15, 0.2) is 0 Å². The third-order valence-corrected chi connectivity index (χ3v) is 3.95. The Morgan fingerprint density at radius 1 is 1.29 bits per heavy atom. The van der Waals surface area contributed by atoms with Crippen molar-refractivity contribution >= 4 is 5.82 Å². The number of ether oxygens (including phenoxy) is 1. The van der Waals surface area contributed by atoms with Gasteiger partial charge in [-0.25, -0.2) is 9.97 Å². The minimum atomic E-state index is -0.804. The van der Waals surface area contributed by atoms with E-state index in [4.69, 9.17) is 4.74 Å². The van der Waals surface area contributed by atoms with Gasteiger partial charge in [0.1, 0.15) is 12.1 Å². The molecule has 2 aromatic heterocycles. The van der Waals surface area contributed by atoms with Crippen molar-refractivity contribution in [2.45, 2.75) is 18.4 Å². The van der Waals surface area contributed by atoms with E-state index in [9.17, 15) is 5.11 Å². The van der Waals surface area contributed by atoms with Gasteiger partial charge in [-0.1, -0.05) is 6.07 Å². The van der Waals surface area contributed by atoms with Gasteiger partial charge in [0.2, 0.25) is 5.88 Å². The van der Waals surface area contributed by atoms with Gasteiger partial charge in [0.25, 0.3) is 0 Å². The molecule has 0 aliphatic carbocycles. The van der Waals surface area contributed by atoms with Crippen LogP contribution in [0.1, 0.15) is 18.4 Å². The highest BCUT2D eigenvalue weighted by atomic mass is 16.5. The summed E-state index contributed by atoms with van der Waals surface area (Å²) in [6, 6.07) is 5.60. The summed E-state index contributed by atoms with van der Waals surface area (Å²) in [5, 5.41) is 10.8. The van der Waals surface area contributed by atoms with Gasteiger partial charge in [0.05, 0.1) is 12.7 Å². The molecule has 21 heavy (non-hydrogen) atoms. The predicted octanol–water partition coefficient (Wildman–Crippen LogP) is 1.37. The van der Waals surface area contributed by atoms with E-state index in [1.54, 1.807) is 19.5 Å². The molecule has 2 aromatic rings. The molecule has 1 saturated heterocycles. The molecule has 0 atom stereocenters. The maximum atomic E-state index is 10.8. The minimum Gasteiger partial charge on any atom is -0.481 e. The zero-order valence-electron chi connectivity index (χ0n) is 11.9. The Labute approximate surface area is 123 Å². The highest BCUT2D eigenvalue weighted by molar-refractivity contribution is 5.42. The Morgan fingerprint density at radius 3 is 2.76 bits per heavy atom. The fraction of sp³-hybridized carbons (Fsp3) is 0.400. The van der Waals surface area contributed by atoms with Crippen LogP contribution in [-0.4, -0.2) is 40.3 Å². The average molecular weight is 286 g/mol. The molecular formula is C15H18N4O2. The molecule has 3 rings (SSSR count). The summed E-state index contributed by atoms with van der Waals surface area (Å²) in [6.45, 7) is 1.46. The maximum absolute atomic E-state index is 10.8. The molecule has 110 valence electrons. The number of pyridine rings is 1. The molecule has 0 saturated carbocycles. The summed E-state index contributed by atoms with van der Waals surface area (Å²) in [6.07, 6.45) is 6.24. The number of hydrogen-bond donors (Lipinski definition) is 1. The first-order valence-electron chi connectivity index (χ1n) is 6.95. The van der Waals surface area contributed by atoms with E-state index in [1.165, 1.54) is 6.33 Å². The smallest absolute Gasteiger partial charge is 0.218 e. The molecule has 0 spiro atoms. The van der Waals surface area contributed by atoms with Crippen LogP contribution < -0.4 is 9.64 Å². The van der Waals surface area contributed by atoms with Crippen LogP contribution in [0.5, 0.6) is 5.88 Å². The van der Waals surface area contributed by atoms with Crippen molar-refractivity contribution < 1.29 is 9.84 Å². The number of piperidine rings is 1. The SMILES string of the molecule is COc1cc(N2CCC(O)(c3cccnc3)CC2)ncn1. The fourth-order valence-corrected chi connectivity index (χ4v) is 2.65. The predicted molar refractivity (Wildman–Crippen MR) is 78.2 cm³/mol. The summed E-state index contributed by atoms with van der Waals surface area (Å²) in [5.74, 6) is 1.38. The highest BCUT2D eigenvalue weighted by Gasteiger charge is 2.34. The monoisotopic (exact) mass is 286 g/mol. The normalized spacial score (nSPS) is 17.5. The van der Waals surface area contributed by atoms with E-state index in [1.807, 2.05) is 18.2 Å². The Balaban J connectivity index is 1.73. The van der Waals surface area contributed by atoms with Crippen molar-refractivity contribution in [1.29, 1.82) is 0 Å². The van der Waals surface area contributed by atoms with E-state index >= 15 is 0 Å². The molecule has 6 nitrogen and oxygen atoms in total. The molecule has 1 fully saturated rings. The summed E-state index contributed by atoms with van der Waals surface area (Å²) in [4.78, 5) is 14.5. The van der Waals surface area contributed by atoms with Crippen LogP contribution in [0.3, 0.4) is 0 Å². The molecule has 1 aliphatic rings. The van der Waals surface area contributed by atoms with E-state index in [0.29, 0.717) is 18.7 Å². The molecule has 1 N–H and O–H groups in total. The van der Waals surface area contributed by atoms with Gasteiger partial charge in [-0.05, 0) is 18.9 Å². The lowest BCUT2D eigenvalue weighted by atomic mass is 9.85. The number of anilines is 1. The number of rotatable bonds is 3. The van der Waals surface area contributed by atoms with E-state index in [2.05, 4.69) is 19.9 Å². The first-order valence-corrected chi connectivity index (χ1v) is 6.95. The van der Waals surface area contributed by atoms with Crippen molar-refractivity contribution in [2.75, 3.05) is 25.1 Å². The molecule has 0 bridgehead atoms. The molecule has 0 radical (unpaired) electrons. The number of aliphatic hydroxyl groups is 1. The number of hydrogen-bond acceptors (Lipinski definition) is 6. The second kappa shape index (κ2) is 5.65. The number of nitrogens with zero attached hydrogens (tertiary/aromatic N) is 4. The lowest BCUT2D eigenvalue weighted by Crippen LogP contribution is -2.43. The Bertz CT molecular complexity index is 598. The second-order valence-electron chi connectivity index (χ2n) is 5.18. The Kier molecular flexibility index (Phi) is 3.70. The van der Waals surface area contributed by atoms with Crippen LogP contribution in [0.25, 0.3) is 0 Å². The molecule has 0 unspecified atom stereocenters. The van der Waals surface area contributed by atoms with Crippen molar-refractivity contribution in [3.63, 3.8) is 0 Å². The van der Waals surface area contributed by atoms with Crippen LogP contribution in [0.15, 0.2) is 36.9 Å². The second-order valence-corrected chi connectivity index (χ2v) is 5.18. The summed E-state index contributed by atoms with van der Waals surface area (Å²) in [7, 11) is 1.59. The van der Waals surface area contributed by atoms with Gasteiger partial charge >= 0.3 is 0 Å². The number of aromatic nitrogens is 3. The van der Waals surface area contributed by atoms with Gasteiger partial charge in [0, 0.05) is 37.1 Å². The van der Waals surface area contributed by atoms with E-state index in [0.717, 1.165) is 24.5 Å². The van der Waals surface area contributed by atoms with Crippen molar-refractivity contribution in [1.82, 2.24) is 15.0 Å². The quantitative estimate of drug-likeness (QED) is 0.919. The van der Waals surface area contributed by atoms with Crippen molar-refractivity contribution in [2.24, 2.45) is 0 Å². The Morgan fingerprint density at radius 2 is 2.10 bits per heavy atom. The standard InChI is InChI=1S/C15H18N4O2/c1-21-14-9-13(17-11-18-14)19-7-4-15(20,5-8-19)12-3-2-6-16-10-12/h2-3,6,9-11,20H,4-5,7-8H2,1H3. The first-order chi connectivity index (χ1) is 10.2. The summed E-state index contributed by atoms with van der Waals surface area (Å²) >= 11 is 0. The lowest BCUT2D eigenvalue weighted by Gasteiger charge is -2.38. The maximum Gasteiger partial charge on any atom is 0.218 e. The highest BCUT2D eigenvalue weighted by Crippen LogP contribution is 2.33. The van der Waals surface area contributed by atoms with Crippen LogP contribution >= 0.6 is 0 Å². The van der Waals surface area contributed by atoms with Gasteiger partial charge in [-0.2, -0.15) is 0 Å². The Hall–Kier alpha value is -2.21. The van der Waals surface area contributed by atoms with Gasteiger partial charge < -0.3 is 14.7 Å².